The van der Waals surface area contributed by atoms with E-state index in [2.05, 4.69) is 33.3 Å². The number of aryl methyl sites for hydroxylation is 1. The van der Waals surface area contributed by atoms with Gasteiger partial charge in [0.2, 0.25) is 5.91 Å². The van der Waals surface area contributed by atoms with Crippen LogP contribution in [0.15, 0.2) is 28.7 Å². The number of halogens is 1. The van der Waals surface area contributed by atoms with Crippen LogP contribution < -0.4 is 5.32 Å². The fourth-order valence-electron chi connectivity index (χ4n) is 2.11. The van der Waals surface area contributed by atoms with E-state index < -0.39 is 0 Å². The van der Waals surface area contributed by atoms with E-state index in [9.17, 15) is 4.79 Å². The summed E-state index contributed by atoms with van der Waals surface area (Å²) in [7, 11) is 0. The predicted molar refractivity (Wildman–Crippen MR) is 88.4 cm³/mol. The minimum absolute atomic E-state index is 0.00234. The summed E-state index contributed by atoms with van der Waals surface area (Å²) < 4.78 is 2.91. The molecule has 5 heteroatoms. The average Bonchev–Trinajstić information content (AvgIpc) is 2.69. The van der Waals surface area contributed by atoms with Crippen molar-refractivity contribution in [2.24, 2.45) is 5.92 Å². The summed E-state index contributed by atoms with van der Waals surface area (Å²) in [6, 6.07) is 7.57. The van der Waals surface area contributed by atoms with Gasteiger partial charge in [-0.1, -0.05) is 22.9 Å². The fourth-order valence-corrected chi connectivity index (χ4v) is 2.37. The molecule has 21 heavy (non-hydrogen) atoms. The van der Waals surface area contributed by atoms with Crippen molar-refractivity contribution in [2.45, 2.75) is 34.2 Å². The third-order valence-electron chi connectivity index (χ3n) is 3.75. The number of benzene rings is 1. The van der Waals surface area contributed by atoms with Gasteiger partial charge in [0.05, 0.1) is 18.2 Å². The minimum atomic E-state index is -0.147. The monoisotopic (exact) mass is 349 g/mol. The van der Waals surface area contributed by atoms with Gasteiger partial charge in [0.1, 0.15) is 0 Å². The number of hydrogen-bond donors (Lipinski definition) is 1. The Morgan fingerprint density at radius 1 is 1.29 bits per heavy atom. The summed E-state index contributed by atoms with van der Waals surface area (Å²) in [6.45, 7) is 8.59. The highest BCUT2D eigenvalue weighted by atomic mass is 79.9. The molecule has 2 rings (SSSR count). The highest BCUT2D eigenvalue weighted by Gasteiger charge is 2.16. The van der Waals surface area contributed by atoms with Crippen molar-refractivity contribution in [3.8, 4) is 0 Å². The van der Waals surface area contributed by atoms with Crippen LogP contribution in [0.25, 0.3) is 0 Å². The van der Waals surface area contributed by atoms with E-state index in [1.807, 2.05) is 49.7 Å². The van der Waals surface area contributed by atoms with Gasteiger partial charge in [0.25, 0.3) is 0 Å². The van der Waals surface area contributed by atoms with Crippen molar-refractivity contribution in [1.82, 2.24) is 9.78 Å². The highest BCUT2D eigenvalue weighted by molar-refractivity contribution is 9.10. The summed E-state index contributed by atoms with van der Waals surface area (Å²) in [5.74, 6) is -0.145. The summed E-state index contributed by atoms with van der Waals surface area (Å²) >= 11 is 3.38. The molecule has 0 spiro atoms. The molecule has 0 unspecified atom stereocenters. The second kappa shape index (κ2) is 6.43. The summed E-state index contributed by atoms with van der Waals surface area (Å²) in [5, 5.41) is 7.41. The molecule has 4 nitrogen and oxygen atoms in total. The van der Waals surface area contributed by atoms with Gasteiger partial charge in [-0.15, -0.1) is 0 Å². The van der Waals surface area contributed by atoms with E-state index in [0.29, 0.717) is 6.54 Å². The van der Waals surface area contributed by atoms with E-state index in [1.165, 1.54) is 5.56 Å². The molecule has 0 saturated carbocycles. The Morgan fingerprint density at radius 3 is 2.43 bits per heavy atom. The SMILES string of the molecule is Cc1nn(C[C@H](C)C(=O)Nc2ccc(Br)cc2)c(C)c1C. The lowest BCUT2D eigenvalue weighted by Crippen LogP contribution is -2.25. The lowest BCUT2D eigenvalue weighted by atomic mass is 10.1. The molecule has 0 radical (unpaired) electrons. The lowest BCUT2D eigenvalue weighted by Gasteiger charge is -2.13. The highest BCUT2D eigenvalue weighted by Crippen LogP contribution is 2.16. The van der Waals surface area contributed by atoms with E-state index in [4.69, 9.17) is 0 Å². The Labute approximate surface area is 133 Å². The van der Waals surface area contributed by atoms with Crippen LogP contribution in [0.1, 0.15) is 23.9 Å². The van der Waals surface area contributed by atoms with Crippen LogP contribution in [0.3, 0.4) is 0 Å². The molecule has 0 saturated heterocycles. The van der Waals surface area contributed by atoms with Crippen LogP contribution in [-0.2, 0) is 11.3 Å². The number of rotatable bonds is 4. The Kier molecular flexibility index (Phi) is 4.83. The smallest absolute Gasteiger partial charge is 0.229 e. The first-order valence-corrected chi connectivity index (χ1v) is 7.75. The maximum atomic E-state index is 12.2. The first kappa shape index (κ1) is 15.8. The standard InChI is InChI=1S/C16H20BrN3O/c1-10(9-20-13(4)11(2)12(3)19-20)16(21)18-15-7-5-14(17)6-8-15/h5-8,10H,9H2,1-4H3,(H,18,21)/t10-/m0/s1. The summed E-state index contributed by atoms with van der Waals surface area (Å²) in [6.07, 6.45) is 0. The quantitative estimate of drug-likeness (QED) is 0.911. The van der Waals surface area contributed by atoms with Crippen molar-refractivity contribution in [1.29, 1.82) is 0 Å². The van der Waals surface area contributed by atoms with Crippen molar-refractivity contribution in [3.63, 3.8) is 0 Å². The van der Waals surface area contributed by atoms with Crippen LogP contribution >= 0.6 is 15.9 Å². The molecule has 0 aliphatic heterocycles. The number of anilines is 1. The molecule has 0 bridgehead atoms. The number of hydrogen-bond acceptors (Lipinski definition) is 2. The molecule has 1 amide bonds. The largest absolute Gasteiger partial charge is 0.326 e. The van der Waals surface area contributed by atoms with Gasteiger partial charge in [0.15, 0.2) is 0 Å². The van der Waals surface area contributed by atoms with Crippen molar-refractivity contribution in [2.75, 3.05) is 5.32 Å². The van der Waals surface area contributed by atoms with Crippen LogP contribution in [0.2, 0.25) is 0 Å². The van der Waals surface area contributed by atoms with E-state index in [1.54, 1.807) is 0 Å². The van der Waals surface area contributed by atoms with Gasteiger partial charge in [-0.3, -0.25) is 9.48 Å². The first-order valence-electron chi connectivity index (χ1n) is 6.95. The molecule has 112 valence electrons. The molecule has 2 aromatic rings. The fraction of sp³-hybridized carbons (Fsp3) is 0.375. The van der Waals surface area contributed by atoms with Gasteiger partial charge in [-0.25, -0.2) is 0 Å². The average molecular weight is 350 g/mol. The zero-order chi connectivity index (χ0) is 15.6. The topological polar surface area (TPSA) is 46.9 Å². The van der Waals surface area contributed by atoms with Crippen LogP contribution in [-0.4, -0.2) is 15.7 Å². The van der Waals surface area contributed by atoms with Gasteiger partial charge in [-0.05, 0) is 50.6 Å². The third kappa shape index (κ3) is 3.73. The molecule has 0 aliphatic rings. The summed E-state index contributed by atoms with van der Waals surface area (Å²) in [5.41, 5.74) is 4.14. The lowest BCUT2D eigenvalue weighted by molar-refractivity contribution is -0.119. The van der Waals surface area contributed by atoms with Crippen LogP contribution in [0.5, 0.6) is 0 Å². The Hall–Kier alpha value is -1.62. The number of nitrogens with zero attached hydrogens (tertiary/aromatic N) is 2. The predicted octanol–water partition coefficient (Wildman–Crippen LogP) is 3.85. The molecular weight excluding hydrogens is 330 g/mol. The molecule has 1 atom stereocenters. The Bertz CT molecular complexity index is 646. The molecule has 0 fully saturated rings. The molecule has 1 heterocycles. The van der Waals surface area contributed by atoms with Gasteiger partial charge in [0, 0.05) is 15.9 Å². The second-order valence-electron chi connectivity index (χ2n) is 5.38. The number of carbonyl (C=O) groups excluding carboxylic acids is 1. The maximum absolute atomic E-state index is 12.2. The van der Waals surface area contributed by atoms with Crippen molar-refractivity contribution >= 4 is 27.5 Å². The van der Waals surface area contributed by atoms with Crippen molar-refractivity contribution in [3.05, 3.63) is 45.7 Å². The number of aromatic nitrogens is 2. The molecule has 1 aromatic heterocycles. The normalized spacial score (nSPS) is 12.2. The van der Waals surface area contributed by atoms with E-state index >= 15 is 0 Å². The molecular formula is C16H20BrN3O. The van der Waals surface area contributed by atoms with Crippen LogP contribution in [0.4, 0.5) is 5.69 Å². The van der Waals surface area contributed by atoms with Gasteiger partial charge in [-0.2, -0.15) is 5.10 Å². The van der Waals surface area contributed by atoms with Gasteiger partial charge < -0.3 is 5.32 Å². The number of nitrogens with one attached hydrogen (secondary N) is 1. The maximum Gasteiger partial charge on any atom is 0.229 e. The van der Waals surface area contributed by atoms with E-state index in [-0.39, 0.29) is 11.8 Å². The van der Waals surface area contributed by atoms with Crippen LogP contribution in [0, 0.1) is 26.7 Å². The zero-order valence-corrected chi connectivity index (χ0v) is 14.4. The van der Waals surface area contributed by atoms with Crippen molar-refractivity contribution < 1.29 is 4.79 Å². The molecule has 1 N–H and O–H groups in total. The minimum Gasteiger partial charge on any atom is -0.326 e. The Morgan fingerprint density at radius 2 is 1.90 bits per heavy atom. The van der Waals surface area contributed by atoms with Gasteiger partial charge >= 0.3 is 0 Å². The number of amides is 1. The first-order chi connectivity index (χ1) is 9.88. The zero-order valence-electron chi connectivity index (χ0n) is 12.8. The third-order valence-corrected chi connectivity index (χ3v) is 4.28. The number of carbonyl (C=O) groups is 1. The molecule has 1 aromatic carbocycles. The van der Waals surface area contributed by atoms with E-state index in [0.717, 1.165) is 21.5 Å². The Balaban J connectivity index is 2.02. The molecule has 0 aliphatic carbocycles. The second-order valence-corrected chi connectivity index (χ2v) is 6.29. The summed E-state index contributed by atoms with van der Waals surface area (Å²) in [4.78, 5) is 12.2.